The number of nitrogens with two attached hydrogens (primary N) is 1. The maximum absolute atomic E-state index is 5.66. The van der Waals surface area contributed by atoms with Crippen LogP contribution in [0.3, 0.4) is 0 Å². The third kappa shape index (κ3) is 1.34. The normalized spacial score (nSPS) is 11.5. The minimum atomic E-state index is 0.482. The lowest BCUT2D eigenvalue weighted by atomic mass is 10.2. The van der Waals surface area contributed by atoms with Crippen molar-refractivity contribution in [1.29, 1.82) is 0 Å². The highest BCUT2D eigenvalue weighted by molar-refractivity contribution is 7.20. The smallest absolute Gasteiger partial charge is 0.236 e. The van der Waals surface area contributed by atoms with Crippen LogP contribution in [0.1, 0.15) is 11.4 Å². The summed E-state index contributed by atoms with van der Waals surface area (Å²) < 4.78 is 3.48. The molecule has 3 rings (SSSR count). The quantitative estimate of drug-likeness (QED) is 0.688. The van der Waals surface area contributed by atoms with Gasteiger partial charge in [0.2, 0.25) is 10.1 Å². The van der Waals surface area contributed by atoms with Crippen LogP contribution in [0.15, 0.2) is 0 Å². The van der Waals surface area contributed by atoms with Crippen molar-refractivity contribution in [2.24, 2.45) is 7.05 Å². The molecule has 88 valence electrons. The van der Waals surface area contributed by atoms with Gasteiger partial charge < -0.3 is 5.73 Å². The van der Waals surface area contributed by atoms with E-state index in [1.54, 1.807) is 4.52 Å². The molecule has 0 aromatic carbocycles. The second-order valence-corrected chi connectivity index (χ2v) is 4.82. The minimum absolute atomic E-state index is 0.482. The molecule has 8 heteroatoms. The largest absolute Gasteiger partial charge is 0.374 e. The fourth-order valence-electron chi connectivity index (χ4n) is 1.88. The summed E-state index contributed by atoms with van der Waals surface area (Å²) in [5, 5.41) is 17.2. The lowest BCUT2D eigenvalue weighted by Gasteiger charge is -1.97. The van der Waals surface area contributed by atoms with Crippen molar-refractivity contribution in [3.05, 3.63) is 11.4 Å². The summed E-state index contributed by atoms with van der Waals surface area (Å²) in [7, 11) is 1.90. The van der Waals surface area contributed by atoms with Crippen LogP contribution in [0.2, 0.25) is 0 Å². The van der Waals surface area contributed by atoms with Crippen molar-refractivity contribution in [2.75, 3.05) is 5.73 Å². The van der Waals surface area contributed by atoms with Crippen LogP contribution < -0.4 is 5.73 Å². The van der Waals surface area contributed by atoms with E-state index >= 15 is 0 Å². The first kappa shape index (κ1) is 10.2. The third-order valence-electron chi connectivity index (χ3n) is 2.74. The lowest BCUT2D eigenvalue weighted by Crippen LogP contribution is -1.96. The Hall–Kier alpha value is -1.96. The number of nitrogens with zero attached hydrogens (tertiary/aromatic N) is 6. The Morgan fingerprint density at radius 3 is 2.59 bits per heavy atom. The Morgan fingerprint density at radius 1 is 1.18 bits per heavy atom. The van der Waals surface area contributed by atoms with E-state index < -0.39 is 0 Å². The van der Waals surface area contributed by atoms with Crippen molar-refractivity contribution in [1.82, 2.24) is 29.6 Å². The monoisotopic (exact) mass is 249 g/mol. The molecular formula is C9H11N7S. The predicted octanol–water partition coefficient (Wildman–Crippen LogP) is 0.785. The summed E-state index contributed by atoms with van der Waals surface area (Å²) in [4.78, 5) is 0.695. The summed E-state index contributed by atoms with van der Waals surface area (Å²) >= 11 is 1.31. The Balaban J connectivity index is 2.33. The molecule has 0 aliphatic carbocycles. The fraction of sp³-hybridized carbons (Fsp3) is 0.333. The molecule has 3 heterocycles. The molecule has 0 saturated heterocycles. The van der Waals surface area contributed by atoms with Gasteiger partial charge in [-0.3, -0.25) is 4.68 Å². The number of nitrogen functional groups attached to an aromatic ring is 1. The van der Waals surface area contributed by atoms with Crippen molar-refractivity contribution < 1.29 is 0 Å². The third-order valence-corrected chi connectivity index (χ3v) is 3.47. The van der Waals surface area contributed by atoms with Gasteiger partial charge in [0, 0.05) is 12.7 Å². The Kier molecular flexibility index (Phi) is 1.96. The number of hydrogen-bond acceptors (Lipinski definition) is 6. The standard InChI is InChI=1S/C9H11N7S/c1-4-6(5(2)15(3)13-4)7-11-12-9-16(7)14-8(10)17-9/h1-3H3,(H2,10,14). The average molecular weight is 249 g/mol. The average Bonchev–Trinajstić information content (AvgIpc) is 2.84. The number of aromatic nitrogens is 6. The van der Waals surface area contributed by atoms with Crippen molar-refractivity contribution in [2.45, 2.75) is 13.8 Å². The molecule has 0 fully saturated rings. The van der Waals surface area contributed by atoms with Gasteiger partial charge in [-0.1, -0.05) is 11.3 Å². The van der Waals surface area contributed by atoms with Crippen LogP contribution in [0.5, 0.6) is 0 Å². The van der Waals surface area contributed by atoms with E-state index in [1.165, 1.54) is 11.3 Å². The molecule has 3 aromatic rings. The van der Waals surface area contributed by atoms with Crippen LogP contribution in [0.4, 0.5) is 5.13 Å². The van der Waals surface area contributed by atoms with Crippen molar-refractivity contribution in [3.63, 3.8) is 0 Å². The molecule has 0 radical (unpaired) electrons. The van der Waals surface area contributed by atoms with Crippen molar-refractivity contribution in [3.8, 4) is 11.4 Å². The first-order valence-electron chi connectivity index (χ1n) is 5.06. The summed E-state index contributed by atoms with van der Waals surface area (Å²) in [6, 6.07) is 0. The van der Waals surface area contributed by atoms with E-state index in [4.69, 9.17) is 5.73 Å². The second-order valence-electron chi connectivity index (χ2n) is 3.83. The zero-order valence-corrected chi connectivity index (χ0v) is 10.5. The number of aryl methyl sites for hydroxylation is 2. The van der Waals surface area contributed by atoms with Crippen LogP contribution in [0, 0.1) is 13.8 Å². The highest BCUT2D eigenvalue weighted by Crippen LogP contribution is 2.27. The molecule has 3 aromatic heterocycles. The first-order chi connectivity index (χ1) is 8.08. The predicted molar refractivity (Wildman–Crippen MR) is 64.7 cm³/mol. The SMILES string of the molecule is Cc1nn(C)c(C)c1-c1nnc2sc(N)nn12. The molecule has 0 spiro atoms. The van der Waals surface area contributed by atoms with Gasteiger partial charge in [-0.2, -0.15) is 9.61 Å². The Labute approximate surface area is 101 Å². The van der Waals surface area contributed by atoms with E-state index in [0.29, 0.717) is 15.9 Å². The topological polar surface area (TPSA) is 86.9 Å². The fourth-order valence-corrected chi connectivity index (χ4v) is 2.49. The second kappa shape index (κ2) is 3.27. The molecule has 0 aliphatic heterocycles. The Morgan fingerprint density at radius 2 is 1.94 bits per heavy atom. The molecule has 7 nitrogen and oxygen atoms in total. The first-order valence-corrected chi connectivity index (χ1v) is 5.88. The molecule has 0 aliphatic rings. The van der Waals surface area contributed by atoms with Gasteiger partial charge in [-0.25, -0.2) is 0 Å². The van der Waals surface area contributed by atoms with Gasteiger partial charge >= 0.3 is 0 Å². The molecule has 0 amide bonds. The van der Waals surface area contributed by atoms with Crippen LogP contribution in [-0.4, -0.2) is 29.6 Å². The van der Waals surface area contributed by atoms with Gasteiger partial charge in [0.25, 0.3) is 0 Å². The molecule has 2 N–H and O–H groups in total. The van der Waals surface area contributed by atoms with Crippen LogP contribution in [0.25, 0.3) is 16.3 Å². The maximum Gasteiger partial charge on any atom is 0.236 e. The van der Waals surface area contributed by atoms with Gasteiger partial charge in [0.05, 0.1) is 11.3 Å². The highest BCUT2D eigenvalue weighted by atomic mass is 32.1. The summed E-state index contributed by atoms with van der Waals surface area (Å²) in [6.45, 7) is 3.94. The highest BCUT2D eigenvalue weighted by Gasteiger charge is 2.19. The molecule has 0 atom stereocenters. The number of hydrogen-bond donors (Lipinski definition) is 1. The molecular weight excluding hydrogens is 238 g/mol. The van der Waals surface area contributed by atoms with Crippen molar-refractivity contribution >= 4 is 21.4 Å². The zero-order valence-electron chi connectivity index (χ0n) is 9.67. The minimum Gasteiger partial charge on any atom is -0.374 e. The van der Waals surface area contributed by atoms with Gasteiger partial charge in [-0.05, 0) is 13.8 Å². The van der Waals surface area contributed by atoms with E-state index in [1.807, 2.05) is 25.6 Å². The number of fused-ring (bicyclic) bond motifs is 1. The molecule has 0 bridgehead atoms. The summed E-state index contributed by atoms with van der Waals surface area (Å²) in [6.07, 6.45) is 0. The Bertz CT molecular complexity index is 704. The number of rotatable bonds is 1. The van der Waals surface area contributed by atoms with E-state index in [2.05, 4.69) is 20.4 Å². The van der Waals surface area contributed by atoms with E-state index in [0.717, 1.165) is 17.0 Å². The van der Waals surface area contributed by atoms with Gasteiger partial charge in [0.1, 0.15) is 0 Å². The van der Waals surface area contributed by atoms with Crippen LogP contribution in [-0.2, 0) is 7.05 Å². The number of anilines is 1. The molecule has 0 saturated carbocycles. The molecule has 0 unspecified atom stereocenters. The van der Waals surface area contributed by atoms with Gasteiger partial charge in [-0.15, -0.1) is 15.3 Å². The lowest BCUT2D eigenvalue weighted by molar-refractivity contribution is 0.731. The zero-order chi connectivity index (χ0) is 12.2. The van der Waals surface area contributed by atoms with E-state index in [9.17, 15) is 0 Å². The maximum atomic E-state index is 5.66. The summed E-state index contributed by atoms with van der Waals surface area (Å²) in [5.74, 6) is 0.691. The molecule has 17 heavy (non-hydrogen) atoms. The summed E-state index contributed by atoms with van der Waals surface area (Å²) in [5.41, 5.74) is 8.56. The van der Waals surface area contributed by atoms with Gasteiger partial charge in [0.15, 0.2) is 5.82 Å². The van der Waals surface area contributed by atoms with Crippen LogP contribution >= 0.6 is 11.3 Å². The van der Waals surface area contributed by atoms with E-state index in [-0.39, 0.29) is 0 Å².